The lowest BCUT2D eigenvalue weighted by Crippen LogP contribution is -2.32. The van der Waals surface area contributed by atoms with E-state index < -0.39 is 12.1 Å². The van der Waals surface area contributed by atoms with Gasteiger partial charge in [0, 0.05) is 10.9 Å². The van der Waals surface area contributed by atoms with Crippen molar-refractivity contribution in [2.75, 3.05) is 5.32 Å². The number of aromatic carboxylic acids is 1. The molecule has 1 aliphatic rings. The quantitative estimate of drug-likeness (QED) is 0.587. The number of rotatable bonds is 4. The molecule has 0 saturated heterocycles. The number of carbonyl (C=O) groups excluding carboxylic acids is 1. The predicted molar refractivity (Wildman–Crippen MR) is 119 cm³/mol. The molecule has 1 unspecified atom stereocenters. The molecule has 0 radical (unpaired) electrons. The molecular formula is C24H23NO4S. The minimum Gasteiger partial charge on any atom is -0.480 e. The standard InChI is InChI=1S/C24H23NO4S/c1-14-10-11-17(12-15(14)2)18-13-30-23(21(18)24(27)28)25-22(26)20-9-5-7-16-6-3-4-8-19(16)29-20/h3-4,6,8,10-13,20H,5,7,9H2,1-2H3,(H,25,26)(H,27,28). The van der Waals surface area contributed by atoms with Crippen molar-refractivity contribution in [2.45, 2.75) is 39.2 Å². The van der Waals surface area contributed by atoms with E-state index in [1.165, 1.54) is 11.3 Å². The summed E-state index contributed by atoms with van der Waals surface area (Å²) in [5, 5.41) is 14.8. The van der Waals surface area contributed by atoms with Crippen molar-refractivity contribution < 1.29 is 19.4 Å². The summed E-state index contributed by atoms with van der Waals surface area (Å²) in [6.45, 7) is 4.01. The van der Waals surface area contributed by atoms with Crippen molar-refractivity contribution in [2.24, 2.45) is 0 Å². The lowest BCUT2D eigenvalue weighted by Gasteiger charge is -2.17. The largest absolute Gasteiger partial charge is 0.480 e. The molecule has 1 aromatic heterocycles. The third-order valence-electron chi connectivity index (χ3n) is 5.51. The van der Waals surface area contributed by atoms with Crippen LogP contribution < -0.4 is 10.1 Å². The predicted octanol–water partition coefficient (Wildman–Crippen LogP) is 5.45. The van der Waals surface area contributed by atoms with Crippen molar-refractivity contribution in [3.63, 3.8) is 0 Å². The molecule has 0 fully saturated rings. The van der Waals surface area contributed by atoms with Crippen molar-refractivity contribution in [3.05, 3.63) is 70.1 Å². The van der Waals surface area contributed by atoms with Crippen LogP contribution in [0.3, 0.4) is 0 Å². The Balaban J connectivity index is 1.60. The molecule has 1 aliphatic heterocycles. The summed E-state index contributed by atoms with van der Waals surface area (Å²) in [5.41, 5.74) is 4.87. The summed E-state index contributed by atoms with van der Waals surface area (Å²) >= 11 is 1.22. The highest BCUT2D eigenvalue weighted by Crippen LogP contribution is 2.37. The molecule has 1 atom stereocenters. The third-order valence-corrected chi connectivity index (χ3v) is 6.40. The molecule has 0 spiro atoms. The SMILES string of the molecule is Cc1ccc(-c2csc(NC(=O)C3CCCc4ccccc4O3)c2C(=O)O)cc1C. The van der Waals surface area contributed by atoms with Gasteiger partial charge in [0.2, 0.25) is 0 Å². The number of carboxylic acids is 1. The first-order valence-electron chi connectivity index (χ1n) is 9.92. The molecule has 0 aliphatic carbocycles. The van der Waals surface area contributed by atoms with Crippen molar-refractivity contribution in [3.8, 4) is 16.9 Å². The minimum atomic E-state index is -1.06. The fourth-order valence-electron chi connectivity index (χ4n) is 3.68. The fourth-order valence-corrected chi connectivity index (χ4v) is 4.64. The Morgan fingerprint density at radius 3 is 2.70 bits per heavy atom. The number of nitrogens with one attached hydrogen (secondary N) is 1. The fraction of sp³-hybridized carbons (Fsp3) is 0.250. The van der Waals surface area contributed by atoms with Gasteiger partial charge >= 0.3 is 5.97 Å². The summed E-state index contributed by atoms with van der Waals surface area (Å²) in [5.74, 6) is -0.662. The Kier molecular flexibility index (Phi) is 5.59. The molecular weight excluding hydrogens is 398 g/mol. The van der Waals surface area contributed by atoms with Crippen LogP contribution in [0.1, 0.15) is 39.9 Å². The zero-order chi connectivity index (χ0) is 21.3. The average Bonchev–Trinajstić information content (AvgIpc) is 3.01. The molecule has 2 aromatic carbocycles. The van der Waals surface area contributed by atoms with Crippen LogP contribution in [0.25, 0.3) is 11.1 Å². The minimum absolute atomic E-state index is 0.116. The summed E-state index contributed by atoms with van der Waals surface area (Å²) in [7, 11) is 0. The lowest BCUT2D eigenvalue weighted by molar-refractivity contribution is -0.122. The molecule has 6 heteroatoms. The summed E-state index contributed by atoms with van der Waals surface area (Å²) in [4.78, 5) is 25.0. The number of para-hydroxylation sites is 1. The van der Waals surface area contributed by atoms with Crippen molar-refractivity contribution >= 4 is 28.2 Å². The van der Waals surface area contributed by atoms with Crippen molar-refractivity contribution in [1.82, 2.24) is 0 Å². The van der Waals surface area contributed by atoms with Gasteiger partial charge in [-0.2, -0.15) is 0 Å². The first kappa shape index (κ1) is 20.2. The Morgan fingerprint density at radius 2 is 1.93 bits per heavy atom. The van der Waals surface area contributed by atoms with Gasteiger partial charge in [-0.05, 0) is 61.4 Å². The normalized spacial score (nSPS) is 15.6. The first-order chi connectivity index (χ1) is 14.4. The van der Waals surface area contributed by atoms with Gasteiger partial charge in [-0.25, -0.2) is 4.79 Å². The number of aryl methyl sites for hydroxylation is 3. The van der Waals surface area contributed by atoms with Crippen LogP contribution in [0, 0.1) is 13.8 Å². The number of fused-ring (bicyclic) bond motifs is 1. The zero-order valence-corrected chi connectivity index (χ0v) is 17.7. The Morgan fingerprint density at radius 1 is 1.13 bits per heavy atom. The van der Waals surface area contributed by atoms with E-state index in [4.69, 9.17) is 4.74 Å². The van der Waals surface area contributed by atoms with E-state index in [2.05, 4.69) is 5.32 Å². The second kappa shape index (κ2) is 8.32. The molecule has 5 nitrogen and oxygen atoms in total. The highest BCUT2D eigenvalue weighted by atomic mass is 32.1. The van der Waals surface area contributed by atoms with E-state index in [0.717, 1.165) is 40.8 Å². The number of ether oxygens (including phenoxy) is 1. The van der Waals surface area contributed by atoms with E-state index in [0.29, 0.717) is 17.0 Å². The number of amides is 1. The number of thiophene rings is 1. The monoisotopic (exact) mass is 421 g/mol. The van der Waals surface area contributed by atoms with Crippen LogP contribution in [0.15, 0.2) is 47.8 Å². The van der Waals surface area contributed by atoms with E-state index >= 15 is 0 Å². The highest BCUT2D eigenvalue weighted by molar-refractivity contribution is 7.15. The van der Waals surface area contributed by atoms with Crippen LogP contribution in [0.4, 0.5) is 5.00 Å². The van der Waals surface area contributed by atoms with Crippen LogP contribution in [0.2, 0.25) is 0 Å². The van der Waals surface area contributed by atoms with Crippen LogP contribution >= 0.6 is 11.3 Å². The van der Waals surface area contributed by atoms with Gasteiger partial charge in [0.05, 0.1) is 0 Å². The van der Waals surface area contributed by atoms with Gasteiger partial charge in [0.15, 0.2) is 6.10 Å². The van der Waals surface area contributed by atoms with Gasteiger partial charge in [0.25, 0.3) is 5.91 Å². The first-order valence-corrected chi connectivity index (χ1v) is 10.8. The second-order valence-corrected chi connectivity index (χ2v) is 8.43. The van der Waals surface area contributed by atoms with E-state index in [9.17, 15) is 14.7 Å². The molecule has 0 saturated carbocycles. The van der Waals surface area contributed by atoms with E-state index in [1.807, 2.05) is 56.3 Å². The smallest absolute Gasteiger partial charge is 0.339 e. The number of hydrogen-bond acceptors (Lipinski definition) is 4. The van der Waals surface area contributed by atoms with Gasteiger partial charge in [-0.15, -0.1) is 11.3 Å². The maximum Gasteiger partial charge on any atom is 0.339 e. The average molecular weight is 422 g/mol. The highest BCUT2D eigenvalue weighted by Gasteiger charge is 2.27. The molecule has 30 heavy (non-hydrogen) atoms. The maximum absolute atomic E-state index is 12.9. The molecule has 1 amide bonds. The molecule has 3 aromatic rings. The number of anilines is 1. The number of benzene rings is 2. The van der Waals surface area contributed by atoms with Crippen LogP contribution in [-0.2, 0) is 11.2 Å². The van der Waals surface area contributed by atoms with Gasteiger partial charge in [0.1, 0.15) is 16.3 Å². The third kappa shape index (κ3) is 3.96. The zero-order valence-electron chi connectivity index (χ0n) is 16.9. The molecule has 2 heterocycles. The Labute approximate surface area is 179 Å². The van der Waals surface area contributed by atoms with Crippen LogP contribution in [-0.4, -0.2) is 23.1 Å². The topological polar surface area (TPSA) is 75.6 Å². The van der Waals surface area contributed by atoms with Gasteiger partial charge in [-0.3, -0.25) is 4.79 Å². The van der Waals surface area contributed by atoms with E-state index in [1.54, 1.807) is 5.38 Å². The summed E-state index contributed by atoms with van der Waals surface area (Å²) < 4.78 is 5.96. The Bertz CT molecular complexity index is 1120. The maximum atomic E-state index is 12.9. The lowest BCUT2D eigenvalue weighted by atomic mass is 9.99. The molecule has 154 valence electrons. The van der Waals surface area contributed by atoms with Gasteiger partial charge in [-0.1, -0.05) is 36.4 Å². The number of carboxylic acid groups (broad SMARTS) is 1. The van der Waals surface area contributed by atoms with Crippen molar-refractivity contribution in [1.29, 1.82) is 0 Å². The Hall–Kier alpha value is -3.12. The van der Waals surface area contributed by atoms with E-state index in [-0.39, 0.29) is 11.5 Å². The number of carbonyl (C=O) groups is 2. The number of hydrogen-bond donors (Lipinski definition) is 2. The summed E-state index contributed by atoms with van der Waals surface area (Å²) in [6.07, 6.45) is 1.62. The molecule has 0 bridgehead atoms. The molecule has 4 rings (SSSR count). The van der Waals surface area contributed by atoms with Crippen LogP contribution in [0.5, 0.6) is 5.75 Å². The molecule has 2 N–H and O–H groups in total. The summed E-state index contributed by atoms with van der Waals surface area (Å²) in [6, 6.07) is 13.6. The van der Waals surface area contributed by atoms with Gasteiger partial charge < -0.3 is 15.2 Å². The second-order valence-electron chi connectivity index (χ2n) is 7.55.